The molecule has 0 amide bonds. The van der Waals surface area contributed by atoms with Crippen LogP contribution >= 0.6 is 0 Å². The highest BCUT2D eigenvalue weighted by atomic mass is 16.4. The number of carboxylic acids is 1. The molecule has 0 aliphatic carbocycles. The maximum atomic E-state index is 10.3. The molecular formula is C9H14N2O4. The predicted molar refractivity (Wildman–Crippen MR) is 51.1 cm³/mol. The Hall–Kier alpha value is -1.40. The third-order valence-electron chi connectivity index (χ3n) is 2.07. The molecule has 0 aromatic carbocycles. The van der Waals surface area contributed by atoms with Crippen LogP contribution in [0, 0.1) is 0 Å². The molecular weight excluding hydrogens is 200 g/mol. The zero-order valence-electron chi connectivity index (χ0n) is 8.37. The summed E-state index contributed by atoms with van der Waals surface area (Å²) in [5.41, 5.74) is 0.422. The summed E-state index contributed by atoms with van der Waals surface area (Å²) in [7, 11) is 0. The van der Waals surface area contributed by atoms with E-state index in [0.717, 1.165) is 0 Å². The van der Waals surface area contributed by atoms with Crippen molar-refractivity contribution in [2.45, 2.75) is 32.1 Å². The minimum Gasteiger partial charge on any atom is -0.481 e. The summed E-state index contributed by atoms with van der Waals surface area (Å²) in [5.74, 6) is -1.15. The minimum absolute atomic E-state index is 0.422. The Kier molecular flexibility index (Phi) is 3.81. The van der Waals surface area contributed by atoms with Gasteiger partial charge in [0.25, 0.3) is 0 Å². The van der Waals surface area contributed by atoms with Crippen molar-refractivity contribution in [1.82, 2.24) is 9.78 Å². The predicted octanol–water partition coefficient (Wildman–Crippen LogP) is -0.228. The molecule has 15 heavy (non-hydrogen) atoms. The smallest absolute Gasteiger partial charge is 0.306 e. The van der Waals surface area contributed by atoms with Crippen LogP contribution in [0.1, 0.15) is 25.0 Å². The lowest BCUT2D eigenvalue weighted by atomic mass is 10.1. The molecule has 0 bridgehead atoms. The zero-order valence-corrected chi connectivity index (χ0v) is 8.37. The average molecular weight is 214 g/mol. The van der Waals surface area contributed by atoms with Gasteiger partial charge in [0.15, 0.2) is 0 Å². The number of rotatable bonds is 5. The van der Waals surface area contributed by atoms with Gasteiger partial charge in [-0.25, -0.2) is 0 Å². The minimum atomic E-state index is -1.31. The molecule has 1 heterocycles. The van der Waals surface area contributed by atoms with Gasteiger partial charge >= 0.3 is 5.97 Å². The highest BCUT2D eigenvalue weighted by molar-refractivity contribution is 5.67. The molecule has 0 aliphatic heterocycles. The van der Waals surface area contributed by atoms with Crippen molar-refractivity contribution in [3.63, 3.8) is 0 Å². The number of aliphatic carboxylic acids is 1. The molecule has 1 rings (SSSR count). The fourth-order valence-corrected chi connectivity index (χ4v) is 1.22. The van der Waals surface area contributed by atoms with Crippen LogP contribution in [0.2, 0.25) is 0 Å². The Morgan fingerprint density at radius 2 is 2.27 bits per heavy atom. The lowest BCUT2D eigenvalue weighted by Crippen LogP contribution is -2.21. The van der Waals surface area contributed by atoms with E-state index in [9.17, 15) is 15.0 Å². The van der Waals surface area contributed by atoms with Crippen LogP contribution in [0.4, 0.5) is 0 Å². The molecule has 1 aromatic heterocycles. The van der Waals surface area contributed by atoms with Crippen molar-refractivity contribution in [2.75, 3.05) is 0 Å². The first-order chi connectivity index (χ1) is 7.04. The van der Waals surface area contributed by atoms with E-state index in [-0.39, 0.29) is 0 Å². The molecule has 1 aromatic rings. The lowest BCUT2D eigenvalue weighted by molar-refractivity contribution is -0.141. The molecule has 0 aliphatic rings. The summed E-state index contributed by atoms with van der Waals surface area (Å²) in [6, 6.07) is 0. The Morgan fingerprint density at radius 3 is 2.73 bits per heavy atom. The monoisotopic (exact) mass is 214 g/mol. The van der Waals surface area contributed by atoms with Crippen LogP contribution < -0.4 is 0 Å². The largest absolute Gasteiger partial charge is 0.481 e. The van der Waals surface area contributed by atoms with E-state index >= 15 is 0 Å². The van der Waals surface area contributed by atoms with Gasteiger partial charge in [0, 0.05) is 18.3 Å². The van der Waals surface area contributed by atoms with Crippen LogP contribution in [0.15, 0.2) is 12.4 Å². The van der Waals surface area contributed by atoms with Gasteiger partial charge in [0.1, 0.15) is 6.10 Å². The fourth-order valence-electron chi connectivity index (χ4n) is 1.22. The number of aromatic nitrogens is 2. The Labute approximate surface area is 86.8 Å². The summed E-state index contributed by atoms with van der Waals surface area (Å²) in [6.45, 7) is 2.54. The molecule has 84 valence electrons. The number of aryl methyl sites for hydroxylation is 1. The van der Waals surface area contributed by atoms with Gasteiger partial charge in [-0.15, -0.1) is 0 Å². The van der Waals surface area contributed by atoms with Crippen molar-refractivity contribution in [3.05, 3.63) is 18.0 Å². The van der Waals surface area contributed by atoms with E-state index in [1.165, 1.54) is 6.20 Å². The highest BCUT2D eigenvalue weighted by Crippen LogP contribution is 2.18. The number of aliphatic hydroxyl groups is 2. The first-order valence-corrected chi connectivity index (χ1v) is 4.65. The molecule has 0 spiro atoms. The van der Waals surface area contributed by atoms with Crippen molar-refractivity contribution in [2.24, 2.45) is 0 Å². The standard InChI is InChI=1S/C9H14N2O4/c1-2-11-5-6(4-10-11)9(15)7(12)3-8(13)14/h4-5,7,9,12,15H,2-3H2,1H3,(H,13,14). The zero-order chi connectivity index (χ0) is 11.4. The van der Waals surface area contributed by atoms with Gasteiger partial charge in [-0.05, 0) is 6.92 Å². The number of hydrogen-bond donors (Lipinski definition) is 3. The molecule has 0 saturated heterocycles. The Morgan fingerprint density at radius 1 is 1.60 bits per heavy atom. The van der Waals surface area contributed by atoms with E-state index in [4.69, 9.17) is 5.11 Å². The maximum absolute atomic E-state index is 10.3. The van der Waals surface area contributed by atoms with Gasteiger partial charge in [-0.1, -0.05) is 0 Å². The van der Waals surface area contributed by atoms with Crippen LogP contribution in [-0.2, 0) is 11.3 Å². The molecule has 0 radical (unpaired) electrons. The summed E-state index contributed by atoms with van der Waals surface area (Å²) in [5, 5.41) is 31.3. The van der Waals surface area contributed by atoms with Crippen molar-refractivity contribution < 1.29 is 20.1 Å². The Balaban J connectivity index is 2.66. The summed E-state index contributed by atoms with van der Waals surface area (Å²) >= 11 is 0. The number of aliphatic hydroxyl groups excluding tert-OH is 2. The van der Waals surface area contributed by atoms with Gasteiger partial charge in [-0.2, -0.15) is 5.10 Å². The molecule has 3 N–H and O–H groups in total. The second-order valence-corrected chi connectivity index (χ2v) is 3.24. The van der Waals surface area contributed by atoms with Crippen LogP contribution in [0.3, 0.4) is 0 Å². The maximum Gasteiger partial charge on any atom is 0.306 e. The molecule has 2 atom stereocenters. The van der Waals surface area contributed by atoms with Gasteiger partial charge in [0.2, 0.25) is 0 Å². The van der Waals surface area contributed by atoms with Crippen molar-refractivity contribution in [3.8, 4) is 0 Å². The van der Waals surface area contributed by atoms with E-state index < -0.39 is 24.6 Å². The number of nitrogens with zero attached hydrogens (tertiary/aromatic N) is 2. The topological polar surface area (TPSA) is 95.6 Å². The first kappa shape index (κ1) is 11.7. The van der Waals surface area contributed by atoms with Crippen LogP contribution in [-0.4, -0.2) is 37.2 Å². The number of carboxylic acid groups (broad SMARTS) is 1. The van der Waals surface area contributed by atoms with Gasteiger partial charge in [0.05, 0.1) is 18.7 Å². The highest BCUT2D eigenvalue weighted by Gasteiger charge is 2.22. The third-order valence-corrected chi connectivity index (χ3v) is 2.07. The van der Waals surface area contributed by atoms with Crippen molar-refractivity contribution >= 4 is 5.97 Å². The quantitative estimate of drug-likeness (QED) is 0.629. The average Bonchev–Trinajstić information content (AvgIpc) is 2.63. The number of hydrogen-bond acceptors (Lipinski definition) is 4. The molecule has 2 unspecified atom stereocenters. The van der Waals surface area contributed by atoms with E-state index in [1.54, 1.807) is 10.9 Å². The van der Waals surface area contributed by atoms with Gasteiger partial charge in [-0.3, -0.25) is 9.48 Å². The van der Waals surface area contributed by atoms with E-state index in [1.807, 2.05) is 6.92 Å². The molecule has 0 fully saturated rings. The number of carbonyl (C=O) groups is 1. The van der Waals surface area contributed by atoms with Crippen LogP contribution in [0.5, 0.6) is 0 Å². The fraction of sp³-hybridized carbons (Fsp3) is 0.556. The summed E-state index contributed by atoms with van der Waals surface area (Å²) in [6.07, 6.45) is -0.00798. The van der Waals surface area contributed by atoms with Crippen LogP contribution in [0.25, 0.3) is 0 Å². The molecule has 6 nitrogen and oxygen atoms in total. The second-order valence-electron chi connectivity index (χ2n) is 3.24. The second kappa shape index (κ2) is 4.90. The normalized spacial score (nSPS) is 14.9. The molecule has 0 saturated carbocycles. The SMILES string of the molecule is CCn1cc(C(O)C(O)CC(=O)O)cn1. The van der Waals surface area contributed by atoms with Crippen molar-refractivity contribution in [1.29, 1.82) is 0 Å². The Bertz CT molecular complexity index is 337. The summed E-state index contributed by atoms with van der Waals surface area (Å²) in [4.78, 5) is 10.3. The molecule has 6 heteroatoms. The summed E-state index contributed by atoms with van der Waals surface area (Å²) < 4.78 is 1.59. The lowest BCUT2D eigenvalue weighted by Gasteiger charge is -2.13. The third kappa shape index (κ3) is 3.03. The van der Waals surface area contributed by atoms with Gasteiger partial charge < -0.3 is 15.3 Å². The van der Waals surface area contributed by atoms with E-state index in [2.05, 4.69) is 5.10 Å². The first-order valence-electron chi connectivity index (χ1n) is 4.65. The van der Waals surface area contributed by atoms with E-state index in [0.29, 0.717) is 12.1 Å².